The molecular weight excluding hydrogens is 476 g/mol. The summed E-state index contributed by atoms with van der Waals surface area (Å²) in [5.41, 5.74) is 2.92. The molecule has 10 heteroatoms. The zero-order valence-corrected chi connectivity index (χ0v) is 20.2. The van der Waals surface area contributed by atoms with Gasteiger partial charge in [-0.05, 0) is 55.8 Å². The van der Waals surface area contributed by atoms with Crippen molar-refractivity contribution in [2.24, 2.45) is 0 Å². The van der Waals surface area contributed by atoms with Crippen LogP contribution < -0.4 is 9.46 Å². The van der Waals surface area contributed by atoms with Crippen molar-refractivity contribution in [2.75, 3.05) is 12.5 Å². The Bertz CT molecular complexity index is 1450. The number of pyridine rings is 1. The molecule has 4 rings (SSSR count). The standard InChI is InChI=1S/C24H23ClN4O4S/c1-16-6-8-20(9-7-16)34(31,32)28-24(30)22-11-10-21-23(27-22)29(17(2)26-21)15-18-4-3-5-19(14-18)33-13-12-25/h3-11,14H,12-13,15H2,1-2H3,(H,28,30). The van der Waals surface area contributed by atoms with E-state index in [0.717, 1.165) is 11.1 Å². The smallest absolute Gasteiger partial charge is 0.283 e. The largest absolute Gasteiger partial charge is 0.492 e. The number of ether oxygens (including phenoxy) is 1. The van der Waals surface area contributed by atoms with E-state index in [0.29, 0.717) is 41.8 Å². The number of fused-ring (bicyclic) bond motifs is 1. The minimum atomic E-state index is -4.03. The zero-order chi connectivity index (χ0) is 24.3. The molecule has 0 saturated carbocycles. The predicted molar refractivity (Wildman–Crippen MR) is 130 cm³/mol. The molecule has 176 valence electrons. The molecule has 0 aliphatic rings. The van der Waals surface area contributed by atoms with Crippen molar-refractivity contribution < 1.29 is 17.9 Å². The Morgan fingerprint density at radius 3 is 2.56 bits per heavy atom. The third-order valence-electron chi connectivity index (χ3n) is 5.16. The second-order valence-corrected chi connectivity index (χ2v) is 9.78. The molecule has 0 atom stereocenters. The summed E-state index contributed by atoms with van der Waals surface area (Å²) in [6, 6.07) is 16.9. The number of imidazole rings is 1. The van der Waals surface area contributed by atoms with Gasteiger partial charge in [-0.3, -0.25) is 4.79 Å². The van der Waals surface area contributed by atoms with Crippen LogP contribution >= 0.6 is 11.6 Å². The summed E-state index contributed by atoms with van der Waals surface area (Å²) in [5, 5.41) is 0. The first-order valence-electron chi connectivity index (χ1n) is 10.5. The molecule has 8 nitrogen and oxygen atoms in total. The lowest BCUT2D eigenvalue weighted by Crippen LogP contribution is -2.31. The summed E-state index contributed by atoms with van der Waals surface area (Å²) in [5.74, 6) is 0.988. The maximum atomic E-state index is 12.8. The van der Waals surface area contributed by atoms with E-state index in [-0.39, 0.29) is 10.6 Å². The summed E-state index contributed by atoms with van der Waals surface area (Å²) in [4.78, 5) is 21.7. The molecule has 34 heavy (non-hydrogen) atoms. The monoisotopic (exact) mass is 498 g/mol. The van der Waals surface area contributed by atoms with Crippen molar-refractivity contribution in [3.63, 3.8) is 0 Å². The van der Waals surface area contributed by atoms with Crippen molar-refractivity contribution in [1.82, 2.24) is 19.3 Å². The van der Waals surface area contributed by atoms with Crippen LogP contribution in [0.1, 0.15) is 27.4 Å². The van der Waals surface area contributed by atoms with Gasteiger partial charge in [0.05, 0.1) is 17.3 Å². The summed E-state index contributed by atoms with van der Waals surface area (Å²) in [7, 11) is -4.03. The highest BCUT2D eigenvalue weighted by atomic mass is 35.5. The van der Waals surface area contributed by atoms with Gasteiger partial charge < -0.3 is 9.30 Å². The Morgan fingerprint density at radius 1 is 1.06 bits per heavy atom. The van der Waals surface area contributed by atoms with Crippen molar-refractivity contribution in [3.8, 4) is 5.75 Å². The van der Waals surface area contributed by atoms with Gasteiger partial charge in [0.15, 0.2) is 5.65 Å². The minimum absolute atomic E-state index is 0.00434. The molecule has 0 unspecified atom stereocenters. The molecule has 4 aromatic rings. The van der Waals surface area contributed by atoms with Gasteiger partial charge in [0, 0.05) is 0 Å². The molecular formula is C24H23ClN4O4S. The fourth-order valence-electron chi connectivity index (χ4n) is 3.45. The van der Waals surface area contributed by atoms with E-state index >= 15 is 0 Å². The number of carbonyl (C=O) groups is 1. The molecule has 0 saturated heterocycles. The van der Waals surface area contributed by atoms with Crippen LogP contribution in [0.2, 0.25) is 0 Å². The van der Waals surface area contributed by atoms with E-state index in [2.05, 4.69) is 14.7 Å². The second kappa shape index (κ2) is 9.82. The molecule has 0 aliphatic carbocycles. The summed E-state index contributed by atoms with van der Waals surface area (Å²) in [6.07, 6.45) is 0. The van der Waals surface area contributed by atoms with Gasteiger partial charge in [-0.2, -0.15) is 0 Å². The molecule has 0 bridgehead atoms. The van der Waals surface area contributed by atoms with Crippen LogP contribution in [0.3, 0.4) is 0 Å². The number of halogens is 1. The third-order valence-corrected chi connectivity index (χ3v) is 6.66. The van der Waals surface area contributed by atoms with Crippen molar-refractivity contribution in [2.45, 2.75) is 25.3 Å². The van der Waals surface area contributed by atoms with Crippen LogP contribution in [-0.4, -0.2) is 41.3 Å². The number of carbonyl (C=O) groups excluding carboxylic acids is 1. The van der Waals surface area contributed by atoms with Gasteiger partial charge in [0.25, 0.3) is 15.9 Å². The van der Waals surface area contributed by atoms with Crippen LogP contribution in [-0.2, 0) is 16.6 Å². The van der Waals surface area contributed by atoms with Gasteiger partial charge >= 0.3 is 0 Å². The SMILES string of the molecule is Cc1ccc(S(=O)(=O)NC(=O)c2ccc3nc(C)n(Cc4cccc(OCCCl)c4)c3n2)cc1. The van der Waals surface area contributed by atoms with E-state index in [1.807, 2.05) is 42.7 Å². The average Bonchev–Trinajstić information content (AvgIpc) is 3.12. The lowest BCUT2D eigenvalue weighted by atomic mass is 10.2. The topological polar surface area (TPSA) is 103 Å². The van der Waals surface area contributed by atoms with E-state index in [4.69, 9.17) is 16.3 Å². The van der Waals surface area contributed by atoms with E-state index in [9.17, 15) is 13.2 Å². The molecule has 0 spiro atoms. The first-order valence-corrected chi connectivity index (χ1v) is 12.5. The highest BCUT2D eigenvalue weighted by Crippen LogP contribution is 2.20. The number of benzene rings is 2. The lowest BCUT2D eigenvalue weighted by molar-refractivity contribution is 0.0977. The normalized spacial score (nSPS) is 11.5. The number of nitrogens with one attached hydrogen (secondary N) is 1. The number of sulfonamides is 1. The highest BCUT2D eigenvalue weighted by molar-refractivity contribution is 7.90. The van der Waals surface area contributed by atoms with Crippen LogP contribution in [0, 0.1) is 13.8 Å². The third kappa shape index (κ3) is 5.21. The Kier molecular flexibility index (Phi) is 6.85. The van der Waals surface area contributed by atoms with Crippen molar-refractivity contribution in [3.05, 3.63) is 83.3 Å². The Labute approximate surface area is 202 Å². The Hall–Kier alpha value is -3.43. The number of aromatic nitrogens is 3. The summed E-state index contributed by atoms with van der Waals surface area (Å²) < 4.78 is 34.8. The van der Waals surface area contributed by atoms with Crippen molar-refractivity contribution in [1.29, 1.82) is 0 Å². The van der Waals surface area contributed by atoms with E-state index in [1.165, 1.54) is 18.2 Å². The number of hydrogen-bond acceptors (Lipinski definition) is 6. The van der Waals surface area contributed by atoms with Gasteiger partial charge in [-0.15, -0.1) is 11.6 Å². The fraction of sp³-hybridized carbons (Fsp3) is 0.208. The first-order chi connectivity index (χ1) is 16.3. The van der Waals surface area contributed by atoms with Gasteiger partial charge in [0.1, 0.15) is 29.4 Å². The predicted octanol–water partition coefficient (Wildman–Crippen LogP) is 3.83. The van der Waals surface area contributed by atoms with Crippen molar-refractivity contribution >= 4 is 38.7 Å². The fourth-order valence-corrected chi connectivity index (χ4v) is 4.49. The number of amides is 1. The minimum Gasteiger partial charge on any atom is -0.492 e. The van der Waals surface area contributed by atoms with Gasteiger partial charge in [-0.1, -0.05) is 29.8 Å². The lowest BCUT2D eigenvalue weighted by Gasteiger charge is -2.10. The quantitative estimate of drug-likeness (QED) is 0.370. The first kappa shape index (κ1) is 23.7. The number of rotatable bonds is 8. The van der Waals surface area contributed by atoms with E-state index < -0.39 is 15.9 Å². The Balaban J connectivity index is 1.61. The Morgan fingerprint density at radius 2 is 1.82 bits per heavy atom. The average molecular weight is 499 g/mol. The van der Waals surface area contributed by atoms with Gasteiger partial charge in [-0.25, -0.2) is 23.1 Å². The maximum Gasteiger partial charge on any atom is 0.283 e. The van der Waals surface area contributed by atoms with Crippen LogP contribution in [0.4, 0.5) is 0 Å². The summed E-state index contributed by atoms with van der Waals surface area (Å²) >= 11 is 5.70. The molecule has 1 N–H and O–H groups in total. The van der Waals surface area contributed by atoms with Gasteiger partial charge in [0.2, 0.25) is 0 Å². The maximum absolute atomic E-state index is 12.8. The molecule has 2 aromatic carbocycles. The molecule has 2 aromatic heterocycles. The zero-order valence-electron chi connectivity index (χ0n) is 18.7. The number of alkyl halides is 1. The van der Waals surface area contributed by atoms with Crippen LogP contribution in [0.25, 0.3) is 11.2 Å². The number of aryl methyl sites for hydroxylation is 2. The highest BCUT2D eigenvalue weighted by Gasteiger charge is 2.21. The molecule has 0 aliphatic heterocycles. The van der Waals surface area contributed by atoms with Crippen LogP contribution in [0.5, 0.6) is 5.75 Å². The molecule has 0 fully saturated rings. The summed E-state index contributed by atoms with van der Waals surface area (Å²) in [6.45, 7) is 4.54. The number of hydrogen-bond donors (Lipinski definition) is 1. The van der Waals surface area contributed by atoms with E-state index in [1.54, 1.807) is 18.2 Å². The number of nitrogens with zero attached hydrogens (tertiary/aromatic N) is 3. The molecule has 0 radical (unpaired) electrons. The molecule has 1 amide bonds. The molecule has 2 heterocycles. The second-order valence-electron chi connectivity index (χ2n) is 7.72. The van der Waals surface area contributed by atoms with Crippen LogP contribution in [0.15, 0.2) is 65.6 Å².